The highest BCUT2D eigenvalue weighted by atomic mass is 35.5. The van der Waals surface area contributed by atoms with Crippen molar-refractivity contribution in [3.05, 3.63) is 98.6 Å². The SMILES string of the molecule is O=C(O)c1cc(NN=Cc2cccc(OCc3ccc([N+](=O)[O-])cc3)c2)ccc1Cl. The van der Waals surface area contributed by atoms with Gasteiger partial charge in [0.2, 0.25) is 0 Å². The van der Waals surface area contributed by atoms with Crippen LogP contribution in [0.1, 0.15) is 21.5 Å². The second-order valence-corrected chi connectivity index (χ2v) is 6.56. The van der Waals surface area contributed by atoms with Gasteiger partial charge in [-0.15, -0.1) is 0 Å². The van der Waals surface area contributed by atoms with Crippen LogP contribution in [0.4, 0.5) is 11.4 Å². The van der Waals surface area contributed by atoms with Gasteiger partial charge in [-0.05, 0) is 53.6 Å². The number of carboxylic acids is 1. The molecule has 0 heterocycles. The molecule has 3 rings (SSSR count). The van der Waals surface area contributed by atoms with Crippen LogP contribution in [0.5, 0.6) is 5.75 Å². The zero-order valence-corrected chi connectivity index (χ0v) is 16.2. The van der Waals surface area contributed by atoms with E-state index < -0.39 is 10.9 Å². The monoisotopic (exact) mass is 425 g/mol. The predicted octanol–water partition coefficient (Wildman–Crippen LogP) is 4.97. The van der Waals surface area contributed by atoms with E-state index in [0.29, 0.717) is 11.4 Å². The van der Waals surface area contributed by atoms with Crippen molar-refractivity contribution in [2.24, 2.45) is 5.10 Å². The number of hydrogen-bond donors (Lipinski definition) is 2. The molecule has 0 aromatic heterocycles. The molecule has 0 bridgehead atoms. The van der Waals surface area contributed by atoms with E-state index >= 15 is 0 Å². The van der Waals surface area contributed by atoms with Gasteiger partial charge in [-0.2, -0.15) is 5.10 Å². The second kappa shape index (κ2) is 9.53. The number of benzene rings is 3. The summed E-state index contributed by atoms with van der Waals surface area (Å²) in [5.41, 5.74) is 4.82. The summed E-state index contributed by atoms with van der Waals surface area (Å²) < 4.78 is 5.72. The van der Waals surface area contributed by atoms with E-state index in [1.807, 2.05) is 6.07 Å². The van der Waals surface area contributed by atoms with Crippen molar-refractivity contribution >= 4 is 35.2 Å². The zero-order chi connectivity index (χ0) is 21.5. The molecular weight excluding hydrogens is 410 g/mol. The normalized spacial score (nSPS) is 10.7. The molecule has 152 valence electrons. The zero-order valence-electron chi connectivity index (χ0n) is 15.5. The Morgan fingerprint density at radius 3 is 2.63 bits per heavy atom. The average Bonchev–Trinajstić information content (AvgIpc) is 2.74. The van der Waals surface area contributed by atoms with Gasteiger partial charge in [0.05, 0.1) is 27.4 Å². The van der Waals surface area contributed by atoms with Crippen LogP contribution in [0.15, 0.2) is 71.8 Å². The minimum absolute atomic E-state index is 0.0153. The quantitative estimate of drug-likeness (QED) is 0.299. The van der Waals surface area contributed by atoms with E-state index in [1.165, 1.54) is 24.3 Å². The first kappa shape index (κ1) is 20.8. The first-order chi connectivity index (χ1) is 14.4. The number of hydrogen-bond acceptors (Lipinski definition) is 6. The van der Waals surface area contributed by atoms with Gasteiger partial charge < -0.3 is 9.84 Å². The van der Waals surface area contributed by atoms with Gasteiger partial charge in [0.15, 0.2) is 0 Å². The molecule has 0 spiro atoms. The molecule has 0 aliphatic rings. The van der Waals surface area contributed by atoms with E-state index in [9.17, 15) is 14.9 Å². The van der Waals surface area contributed by atoms with Crippen molar-refractivity contribution < 1.29 is 19.6 Å². The molecule has 0 fully saturated rings. The Morgan fingerprint density at radius 2 is 1.93 bits per heavy atom. The molecule has 0 atom stereocenters. The molecule has 3 aromatic rings. The molecular formula is C21H16ClN3O5. The van der Waals surface area contributed by atoms with Crippen molar-refractivity contribution in [2.75, 3.05) is 5.43 Å². The van der Waals surface area contributed by atoms with Crippen molar-refractivity contribution in [2.45, 2.75) is 6.61 Å². The lowest BCUT2D eigenvalue weighted by atomic mass is 10.2. The fraction of sp³-hybridized carbons (Fsp3) is 0.0476. The summed E-state index contributed by atoms with van der Waals surface area (Å²) >= 11 is 5.84. The first-order valence-electron chi connectivity index (χ1n) is 8.70. The van der Waals surface area contributed by atoms with E-state index in [2.05, 4.69) is 10.5 Å². The third kappa shape index (κ3) is 5.55. The lowest BCUT2D eigenvalue weighted by molar-refractivity contribution is -0.384. The van der Waals surface area contributed by atoms with Gasteiger partial charge in [-0.25, -0.2) is 4.79 Å². The van der Waals surface area contributed by atoms with Crippen LogP contribution < -0.4 is 10.2 Å². The van der Waals surface area contributed by atoms with Crippen LogP contribution in [0.3, 0.4) is 0 Å². The highest BCUT2D eigenvalue weighted by Crippen LogP contribution is 2.21. The fourth-order valence-corrected chi connectivity index (χ4v) is 2.70. The number of nitrogens with zero attached hydrogens (tertiary/aromatic N) is 2. The molecule has 0 unspecified atom stereocenters. The molecule has 0 aliphatic carbocycles. The van der Waals surface area contributed by atoms with E-state index in [1.54, 1.807) is 42.6 Å². The summed E-state index contributed by atoms with van der Waals surface area (Å²) in [4.78, 5) is 21.4. The number of non-ortho nitro benzene ring substituents is 1. The lowest BCUT2D eigenvalue weighted by Crippen LogP contribution is -1.99. The van der Waals surface area contributed by atoms with Gasteiger partial charge in [0.25, 0.3) is 5.69 Å². The van der Waals surface area contributed by atoms with Gasteiger partial charge >= 0.3 is 5.97 Å². The third-order valence-electron chi connectivity index (χ3n) is 4.01. The highest BCUT2D eigenvalue weighted by Gasteiger charge is 2.09. The Kier molecular flexibility index (Phi) is 6.61. The number of aromatic carboxylic acids is 1. The molecule has 0 amide bonds. The molecule has 0 saturated heterocycles. The molecule has 0 aliphatic heterocycles. The number of nitrogens with one attached hydrogen (secondary N) is 1. The summed E-state index contributed by atoms with van der Waals surface area (Å²) in [5.74, 6) is -0.512. The standard InChI is InChI=1S/C21H16ClN3O5/c22-20-9-6-16(11-19(20)21(26)27)24-23-12-15-2-1-3-18(10-15)30-13-14-4-7-17(8-5-14)25(28)29/h1-12,24H,13H2,(H,26,27). The molecule has 2 N–H and O–H groups in total. The van der Waals surface area contributed by atoms with Crippen LogP contribution in [0, 0.1) is 10.1 Å². The number of carboxylic acid groups (broad SMARTS) is 1. The maximum atomic E-state index is 11.1. The van der Waals surface area contributed by atoms with Gasteiger partial charge in [-0.1, -0.05) is 23.7 Å². The minimum Gasteiger partial charge on any atom is -0.489 e. The van der Waals surface area contributed by atoms with Crippen LogP contribution >= 0.6 is 11.6 Å². The Balaban J connectivity index is 1.60. The number of carbonyl (C=O) groups is 1. The van der Waals surface area contributed by atoms with Crippen LogP contribution in [0.2, 0.25) is 5.02 Å². The molecule has 3 aromatic carbocycles. The third-order valence-corrected chi connectivity index (χ3v) is 4.34. The topological polar surface area (TPSA) is 114 Å². The number of anilines is 1. The molecule has 0 radical (unpaired) electrons. The number of nitro benzene ring substituents is 1. The number of hydrazone groups is 1. The van der Waals surface area contributed by atoms with E-state index in [4.69, 9.17) is 21.4 Å². The van der Waals surface area contributed by atoms with E-state index in [-0.39, 0.29) is 22.9 Å². The molecule has 9 heteroatoms. The number of nitro groups is 1. The summed E-state index contributed by atoms with van der Waals surface area (Å²) in [7, 11) is 0. The summed E-state index contributed by atoms with van der Waals surface area (Å²) in [6, 6.07) is 17.8. The Labute approximate surface area is 176 Å². The van der Waals surface area contributed by atoms with Crippen molar-refractivity contribution in [1.82, 2.24) is 0 Å². The summed E-state index contributed by atoms with van der Waals surface area (Å²) in [5, 5.41) is 24.0. The minimum atomic E-state index is -1.12. The molecule has 8 nitrogen and oxygen atoms in total. The van der Waals surface area contributed by atoms with Crippen molar-refractivity contribution in [3.63, 3.8) is 0 Å². The fourth-order valence-electron chi connectivity index (χ4n) is 2.51. The smallest absolute Gasteiger partial charge is 0.337 e. The molecule has 0 saturated carbocycles. The van der Waals surface area contributed by atoms with Gasteiger partial charge in [0, 0.05) is 12.1 Å². The van der Waals surface area contributed by atoms with Gasteiger partial charge in [-0.3, -0.25) is 15.5 Å². The maximum absolute atomic E-state index is 11.1. The summed E-state index contributed by atoms with van der Waals surface area (Å²) in [6.07, 6.45) is 1.56. The number of ether oxygens (including phenoxy) is 1. The summed E-state index contributed by atoms with van der Waals surface area (Å²) in [6.45, 7) is 0.263. The van der Waals surface area contributed by atoms with Crippen LogP contribution in [-0.4, -0.2) is 22.2 Å². The van der Waals surface area contributed by atoms with Crippen LogP contribution in [0.25, 0.3) is 0 Å². The number of rotatable bonds is 8. The van der Waals surface area contributed by atoms with Crippen molar-refractivity contribution in [1.29, 1.82) is 0 Å². The Morgan fingerprint density at radius 1 is 1.17 bits per heavy atom. The van der Waals surface area contributed by atoms with Crippen molar-refractivity contribution in [3.8, 4) is 5.75 Å². The van der Waals surface area contributed by atoms with Gasteiger partial charge in [0.1, 0.15) is 12.4 Å². The largest absolute Gasteiger partial charge is 0.489 e. The predicted molar refractivity (Wildman–Crippen MR) is 113 cm³/mol. The first-order valence-corrected chi connectivity index (χ1v) is 9.08. The van der Waals surface area contributed by atoms with Crippen LogP contribution in [-0.2, 0) is 6.61 Å². The number of halogens is 1. The maximum Gasteiger partial charge on any atom is 0.337 e. The molecule has 30 heavy (non-hydrogen) atoms. The lowest BCUT2D eigenvalue weighted by Gasteiger charge is -2.07. The Bertz CT molecular complexity index is 1100. The highest BCUT2D eigenvalue weighted by molar-refractivity contribution is 6.33. The average molecular weight is 426 g/mol. The van der Waals surface area contributed by atoms with E-state index in [0.717, 1.165) is 11.1 Å². The Hall–Kier alpha value is -3.91. The second-order valence-electron chi connectivity index (χ2n) is 6.15.